The van der Waals surface area contributed by atoms with E-state index < -0.39 is 23.5 Å². The Morgan fingerprint density at radius 3 is 2.56 bits per heavy atom. The highest BCUT2D eigenvalue weighted by Crippen LogP contribution is 2.24. The average molecular weight is 383 g/mol. The van der Waals surface area contributed by atoms with Gasteiger partial charge in [0.25, 0.3) is 0 Å². The molecule has 2 aromatic carbocycles. The van der Waals surface area contributed by atoms with Crippen LogP contribution in [0.3, 0.4) is 0 Å². The van der Waals surface area contributed by atoms with Gasteiger partial charge in [0.1, 0.15) is 17.3 Å². The van der Waals surface area contributed by atoms with Crippen molar-refractivity contribution in [3.63, 3.8) is 0 Å². The number of hydrogen-bond donors (Lipinski definition) is 0. The molecule has 0 aliphatic carbocycles. The lowest BCUT2D eigenvalue weighted by Crippen LogP contribution is -2.34. The molecule has 6 heteroatoms. The number of carbonyl (C=O) groups excluding carboxylic acids is 3. The number of cyclic esters (lactones) is 1. The smallest absolute Gasteiger partial charge is 0.329 e. The van der Waals surface area contributed by atoms with Crippen molar-refractivity contribution in [2.75, 3.05) is 0 Å². The number of carbonyl (C=O) groups is 3. The molecule has 0 radical (unpaired) electrons. The van der Waals surface area contributed by atoms with E-state index in [2.05, 4.69) is 0 Å². The SMILES string of the molecule is CC1=CC(=O)C(C(=O)C=Cc2cccc(Oc3ccc(Cl)cc3)c2)C(=O)O1. The fourth-order valence-electron chi connectivity index (χ4n) is 2.50. The third-order valence-corrected chi connectivity index (χ3v) is 4.01. The van der Waals surface area contributed by atoms with Gasteiger partial charge < -0.3 is 9.47 Å². The van der Waals surface area contributed by atoms with E-state index in [1.165, 1.54) is 19.1 Å². The van der Waals surface area contributed by atoms with E-state index >= 15 is 0 Å². The Morgan fingerprint density at radius 1 is 1.11 bits per heavy atom. The van der Waals surface area contributed by atoms with E-state index in [1.54, 1.807) is 48.5 Å². The molecule has 0 saturated heterocycles. The van der Waals surface area contributed by atoms with E-state index in [0.717, 1.165) is 6.08 Å². The number of hydrogen-bond acceptors (Lipinski definition) is 5. The predicted octanol–water partition coefficient (Wildman–Crippen LogP) is 4.36. The van der Waals surface area contributed by atoms with E-state index in [-0.39, 0.29) is 5.76 Å². The molecule has 0 amide bonds. The third kappa shape index (κ3) is 4.71. The molecule has 2 aromatic rings. The zero-order valence-corrected chi connectivity index (χ0v) is 15.1. The van der Waals surface area contributed by atoms with Gasteiger partial charge in [-0.15, -0.1) is 0 Å². The summed E-state index contributed by atoms with van der Waals surface area (Å²) in [5, 5.41) is 0.610. The second kappa shape index (κ2) is 8.01. The van der Waals surface area contributed by atoms with Crippen molar-refractivity contribution in [3.05, 3.63) is 77.0 Å². The van der Waals surface area contributed by atoms with E-state index in [1.807, 2.05) is 0 Å². The van der Waals surface area contributed by atoms with Crippen LogP contribution in [0.15, 0.2) is 66.4 Å². The molecule has 0 N–H and O–H groups in total. The summed E-state index contributed by atoms with van der Waals surface area (Å²) in [6, 6.07) is 13.9. The van der Waals surface area contributed by atoms with Crippen molar-refractivity contribution in [1.29, 1.82) is 0 Å². The molecule has 0 aromatic heterocycles. The van der Waals surface area contributed by atoms with Crippen LogP contribution < -0.4 is 4.74 Å². The molecule has 1 aliphatic heterocycles. The van der Waals surface area contributed by atoms with Gasteiger partial charge in [0.15, 0.2) is 17.5 Å². The van der Waals surface area contributed by atoms with Crippen molar-refractivity contribution >= 4 is 35.2 Å². The van der Waals surface area contributed by atoms with Crippen LogP contribution in [0.4, 0.5) is 0 Å². The number of benzene rings is 2. The Kier molecular flexibility index (Phi) is 5.52. The maximum atomic E-state index is 12.2. The first-order valence-corrected chi connectivity index (χ1v) is 8.49. The summed E-state index contributed by atoms with van der Waals surface area (Å²) in [7, 11) is 0. The van der Waals surface area contributed by atoms with Crippen molar-refractivity contribution in [3.8, 4) is 11.5 Å². The van der Waals surface area contributed by atoms with Crippen molar-refractivity contribution in [2.24, 2.45) is 5.92 Å². The lowest BCUT2D eigenvalue weighted by Gasteiger charge is -2.15. The first-order valence-electron chi connectivity index (χ1n) is 8.11. The zero-order chi connectivity index (χ0) is 19.4. The highest BCUT2D eigenvalue weighted by atomic mass is 35.5. The Hall–Kier alpha value is -3.18. The maximum Gasteiger partial charge on any atom is 0.329 e. The van der Waals surface area contributed by atoms with Gasteiger partial charge >= 0.3 is 5.97 Å². The Labute approximate surface area is 160 Å². The number of ketones is 2. The first kappa shape index (κ1) is 18.6. The molecular weight excluding hydrogens is 368 g/mol. The third-order valence-electron chi connectivity index (χ3n) is 3.76. The number of allylic oxidation sites excluding steroid dienone is 3. The van der Waals surface area contributed by atoms with E-state index in [0.29, 0.717) is 22.1 Å². The van der Waals surface area contributed by atoms with Crippen LogP contribution in [0.2, 0.25) is 5.02 Å². The fourth-order valence-corrected chi connectivity index (χ4v) is 2.62. The van der Waals surface area contributed by atoms with Crippen LogP contribution in [-0.2, 0) is 19.1 Å². The normalized spacial score (nSPS) is 16.8. The van der Waals surface area contributed by atoms with Crippen molar-refractivity contribution in [1.82, 2.24) is 0 Å². The first-order chi connectivity index (χ1) is 12.9. The molecule has 3 rings (SSSR count). The summed E-state index contributed by atoms with van der Waals surface area (Å²) in [6.45, 7) is 1.48. The fraction of sp³-hybridized carbons (Fsp3) is 0.0952. The van der Waals surface area contributed by atoms with Gasteiger partial charge in [0, 0.05) is 11.1 Å². The highest BCUT2D eigenvalue weighted by Gasteiger charge is 2.36. The minimum atomic E-state index is -1.45. The van der Waals surface area contributed by atoms with Gasteiger partial charge in [0.2, 0.25) is 0 Å². The minimum Gasteiger partial charge on any atom is -0.457 e. The second-order valence-electron chi connectivity index (χ2n) is 5.88. The van der Waals surface area contributed by atoms with Gasteiger partial charge in [-0.25, -0.2) is 0 Å². The maximum absolute atomic E-state index is 12.2. The number of ether oxygens (including phenoxy) is 2. The van der Waals surface area contributed by atoms with Crippen LogP contribution in [-0.4, -0.2) is 17.5 Å². The minimum absolute atomic E-state index is 0.185. The average Bonchev–Trinajstić information content (AvgIpc) is 2.61. The number of rotatable bonds is 5. The van der Waals surface area contributed by atoms with Crippen LogP contribution >= 0.6 is 11.6 Å². The van der Waals surface area contributed by atoms with Crippen LogP contribution in [0.25, 0.3) is 6.08 Å². The molecule has 1 aliphatic rings. The number of halogens is 1. The molecule has 0 spiro atoms. The van der Waals surface area contributed by atoms with Crippen LogP contribution in [0.5, 0.6) is 11.5 Å². The Bertz CT molecular complexity index is 957. The molecule has 136 valence electrons. The molecule has 1 heterocycles. The predicted molar refractivity (Wildman–Crippen MR) is 100 cm³/mol. The molecule has 5 nitrogen and oxygen atoms in total. The lowest BCUT2D eigenvalue weighted by molar-refractivity contribution is -0.151. The van der Waals surface area contributed by atoms with E-state index in [9.17, 15) is 14.4 Å². The zero-order valence-electron chi connectivity index (χ0n) is 14.3. The summed E-state index contributed by atoms with van der Waals surface area (Å²) in [5.41, 5.74) is 0.679. The summed E-state index contributed by atoms with van der Waals surface area (Å²) < 4.78 is 10.6. The topological polar surface area (TPSA) is 69.7 Å². The van der Waals surface area contributed by atoms with Crippen molar-refractivity contribution in [2.45, 2.75) is 6.92 Å². The monoisotopic (exact) mass is 382 g/mol. The van der Waals surface area contributed by atoms with Gasteiger partial charge in [0.05, 0.1) is 0 Å². The summed E-state index contributed by atoms with van der Waals surface area (Å²) in [4.78, 5) is 35.9. The lowest BCUT2D eigenvalue weighted by atomic mass is 9.96. The second-order valence-corrected chi connectivity index (χ2v) is 6.31. The summed E-state index contributed by atoms with van der Waals surface area (Å²) in [5.74, 6) is -2.12. The van der Waals surface area contributed by atoms with Crippen LogP contribution in [0.1, 0.15) is 12.5 Å². The summed E-state index contributed by atoms with van der Waals surface area (Å²) >= 11 is 5.85. The largest absolute Gasteiger partial charge is 0.457 e. The quantitative estimate of drug-likeness (QED) is 0.436. The van der Waals surface area contributed by atoms with Crippen LogP contribution in [0, 0.1) is 5.92 Å². The van der Waals surface area contributed by atoms with Gasteiger partial charge in [-0.2, -0.15) is 0 Å². The highest BCUT2D eigenvalue weighted by molar-refractivity contribution is 6.30. The van der Waals surface area contributed by atoms with Gasteiger partial charge in [-0.05, 0) is 55.0 Å². The number of esters is 1. The molecule has 1 atom stereocenters. The molecule has 1 unspecified atom stereocenters. The standard InChI is InChI=1S/C21H15ClO5/c1-13-11-19(24)20(21(25)26-13)18(23)10-5-14-3-2-4-17(12-14)27-16-8-6-15(22)7-9-16/h2-12,20H,1H3. The molecule has 0 bridgehead atoms. The molecule has 0 saturated carbocycles. The Balaban J connectivity index is 1.72. The van der Waals surface area contributed by atoms with E-state index in [4.69, 9.17) is 21.1 Å². The molecule has 0 fully saturated rings. The Morgan fingerprint density at radius 2 is 1.85 bits per heavy atom. The molecule has 27 heavy (non-hydrogen) atoms. The molecular formula is C21H15ClO5. The van der Waals surface area contributed by atoms with Gasteiger partial charge in [-0.1, -0.05) is 29.8 Å². The summed E-state index contributed by atoms with van der Waals surface area (Å²) in [6.07, 6.45) is 3.86. The van der Waals surface area contributed by atoms with Crippen molar-refractivity contribution < 1.29 is 23.9 Å². The van der Waals surface area contributed by atoms with Gasteiger partial charge in [-0.3, -0.25) is 14.4 Å².